The second-order valence-electron chi connectivity index (χ2n) is 12.0. The van der Waals surface area contributed by atoms with Crippen LogP contribution >= 0.6 is 11.8 Å². The van der Waals surface area contributed by atoms with Crippen LogP contribution in [0, 0.1) is 0 Å². The molecule has 2 nitrogen and oxygen atoms in total. The van der Waals surface area contributed by atoms with Crippen molar-refractivity contribution in [1.29, 1.82) is 0 Å². The summed E-state index contributed by atoms with van der Waals surface area (Å²) in [5, 5.41) is 0. The van der Waals surface area contributed by atoms with Crippen molar-refractivity contribution in [1.82, 2.24) is 0 Å². The van der Waals surface area contributed by atoms with E-state index in [1.807, 2.05) is 11.8 Å². The summed E-state index contributed by atoms with van der Waals surface area (Å²) < 4.78 is 0. The van der Waals surface area contributed by atoms with Crippen LogP contribution in [0.15, 0.2) is 135 Å². The van der Waals surface area contributed by atoms with E-state index in [2.05, 4.69) is 143 Å². The Morgan fingerprint density at radius 3 is 2.20 bits per heavy atom. The molecule has 0 saturated heterocycles. The molecule has 0 bridgehead atoms. The zero-order valence-corrected chi connectivity index (χ0v) is 25.1. The van der Waals surface area contributed by atoms with Gasteiger partial charge in [0.25, 0.3) is 0 Å². The SMILES string of the molecule is CN1/C(=C/C=C2\CCCC(/C=C/C3=Nc4ccccc4C3(C)C)=C2Sc2ccccc2)C(C)(C)c2ccccc21. The van der Waals surface area contributed by atoms with Crippen molar-refractivity contribution in [3.8, 4) is 0 Å². The van der Waals surface area contributed by atoms with Crippen molar-refractivity contribution in [2.75, 3.05) is 11.9 Å². The number of aliphatic imine (C=N–C) groups is 1. The third-order valence-electron chi connectivity index (χ3n) is 8.72. The highest BCUT2D eigenvalue weighted by atomic mass is 32.2. The summed E-state index contributed by atoms with van der Waals surface area (Å²) >= 11 is 1.90. The van der Waals surface area contributed by atoms with E-state index in [1.165, 1.54) is 43.5 Å². The Labute approximate surface area is 243 Å². The van der Waals surface area contributed by atoms with Crippen LogP contribution in [0.25, 0.3) is 0 Å². The number of allylic oxidation sites excluding steroid dienone is 7. The lowest BCUT2D eigenvalue weighted by molar-refractivity contribution is 0.640. The molecule has 0 unspecified atom stereocenters. The maximum absolute atomic E-state index is 5.02. The van der Waals surface area contributed by atoms with Gasteiger partial charge in [-0.2, -0.15) is 0 Å². The molecule has 2 heterocycles. The summed E-state index contributed by atoms with van der Waals surface area (Å²) in [5.74, 6) is 0. The second kappa shape index (κ2) is 10.4. The molecule has 202 valence electrons. The molecule has 0 N–H and O–H groups in total. The van der Waals surface area contributed by atoms with Gasteiger partial charge in [0.1, 0.15) is 0 Å². The third-order valence-corrected chi connectivity index (χ3v) is 9.96. The first-order valence-electron chi connectivity index (χ1n) is 14.3. The van der Waals surface area contributed by atoms with Gasteiger partial charge in [-0.3, -0.25) is 4.99 Å². The van der Waals surface area contributed by atoms with Gasteiger partial charge >= 0.3 is 0 Å². The first kappa shape index (κ1) is 26.7. The van der Waals surface area contributed by atoms with Gasteiger partial charge in [-0.05, 0) is 78.0 Å². The molecular weight excluding hydrogens is 504 g/mol. The molecule has 40 heavy (non-hydrogen) atoms. The Morgan fingerprint density at radius 1 is 0.750 bits per heavy atom. The lowest BCUT2D eigenvalue weighted by Gasteiger charge is -2.25. The average molecular weight is 543 g/mol. The number of hydrogen-bond acceptors (Lipinski definition) is 3. The Balaban J connectivity index is 1.39. The summed E-state index contributed by atoms with van der Waals surface area (Å²) in [5.41, 5.74) is 10.3. The molecule has 1 aliphatic carbocycles. The molecule has 0 aromatic heterocycles. The maximum Gasteiger partial charge on any atom is 0.0674 e. The van der Waals surface area contributed by atoms with Gasteiger partial charge in [0.15, 0.2) is 0 Å². The molecule has 0 radical (unpaired) electrons. The van der Waals surface area contributed by atoms with Crippen LogP contribution in [0.1, 0.15) is 58.1 Å². The van der Waals surface area contributed by atoms with E-state index < -0.39 is 0 Å². The number of fused-ring (bicyclic) bond motifs is 2. The number of para-hydroxylation sites is 2. The van der Waals surface area contributed by atoms with E-state index in [-0.39, 0.29) is 10.8 Å². The number of benzene rings is 3. The van der Waals surface area contributed by atoms with Crippen LogP contribution in [0.3, 0.4) is 0 Å². The molecule has 0 atom stereocenters. The zero-order valence-electron chi connectivity index (χ0n) is 24.2. The number of likely N-dealkylation sites (N-methyl/N-ethyl adjacent to an activating group) is 1. The fourth-order valence-electron chi connectivity index (χ4n) is 6.37. The molecule has 0 spiro atoms. The van der Waals surface area contributed by atoms with E-state index in [1.54, 1.807) is 0 Å². The molecule has 3 aliphatic rings. The van der Waals surface area contributed by atoms with Crippen molar-refractivity contribution in [3.05, 3.63) is 136 Å². The zero-order chi connectivity index (χ0) is 27.9. The Morgan fingerprint density at radius 2 is 1.45 bits per heavy atom. The predicted molar refractivity (Wildman–Crippen MR) is 173 cm³/mol. The highest BCUT2D eigenvalue weighted by Gasteiger charge is 2.38. The summed E-state index contributed by atoms with van der Waals surface area (Å²) in [6.45, 7) is 9.25. The lowest BCUT2D eigenvalue weighted by Crippen LogP contribution is -2.23. The number of rotatable bonds is 5. The number of hydrogen-bond donors (Lipinski definition) is 0. The van der Waals surface area contributed by atoms with E-state index in [4.69, 9.17) is 4.99 Å². The van der Waals surface area contributed by atoms with Gasteiger partial charge in [-0.15, -0.1) is 0 Å². The second-order valence-corrected chi connectivity index (χ2v) is 13.1. The van der Waals surface area contributed by atoms with Crippen LogP contribution in [0.5, 0.6) is 0 Å². The minimum absolute atomic E-state index is 0.0303. The Kier molecular flexibility index (Phi) is 6.96. The topological polar surface area (TPSA) is 15.6 Å². The van der Waals surface area contributed by atoms with Crippen LogP contribution in [0.4, 0.5) is 11.4 Å². The third kappa shape index (κ3) is 4.71. The standard InChI is InChI=1S/C37H38N2S/c1-36(2)29-18-9-11-20-31(29)38-33(36)24-22-26-14-13-15-27(35(26)40-28-16-7-6-8-17-28)23-25-34-37(3,4)30-19-10-12-21-32(30)39(34)5/h6-12,16-25H,13-15H2,1-5H3/b24-22+,27-23+,34-25+. The normalized spacial score (nSPS) is 21.3. The van der Waals surface area contributed by atoms with E-state index in [0.29, 0.717) is 0 Å². The summed E-state index contributed by atoms with van der Waals surface area (Å²) in [6.07, 6.45) is 12.7. The number of anilines is 1. The molecule has 2 aliphatic heterocycles. The van der Waals surface area contributed by atoms with Gasteiger partial charge in [0.2, 0.25) is 0 Å². The van der Waals surface area contributed by atoms with Crippen LogP contribution < -0.4 is 4.90 Å². The largest absolute Gasteiger partial charge is 0.347 e. The van der Waals surface area contributed by atoms with E-state index >= 15 is 0 Å². The molecule has 3 aromatic rings. The smallest absolute Gasteiger partial charge is 0.0674 e. The van der Waals surface area contributed by atoms with Crippen molar-refractivity contribution >= 4 is 28.8 Å². The van der Waals surface area contributed by atoms with Crippen LogP contribution in [-0.4, -0.2) is 12.8 Å². The molecule has 6 rings (SSSR count). The van der Waals surface area contributed by atoms with Gasteiger partial charge in [0, 0.05) is 39.1 Å². The highest BCUT2D eigenvalue weighted by Crippen LogP contribution is 2.48. The summed E-state index contributed by atoms with van der Waals surface area (Å²) in [7, 11) is 2.20. The average Bonchev–Trinajstić information content (AvgIpc) is 3.33. The van der Waals surface area contributed by atoms with Crippen molar-refractivity contribution in [2.24, 2.45) is 4.99 Å². The monoisotopic (exact) mass is 542 g/mol. The van der Waals surface area contributed by atoms with E-state index in [0.717, 1.165) is 30.7 Å². The molecule has 0 amide bonds. The Bertz CT molecular complexity index is 1600. The van der Waals surface area contributed by atoms with Gasteiger partial charge in [-0.1, -0.05) is 106 Å². The number of nitrogens with zero attached hydrogens (tertiary/aromatic N) is 2. The fourth-order valence-corrected chi connectivity index (χ4v) is 7.50. The summed E-state index contributed by atoms with van der Waals surface area (Å²) in [6, 6.07) is 28.1. The number of thioether (sulfide) groups is 1. The quantitative estimate of drug-likeness (QED) is 0.319. The predicted octanol–water partition coefficient (Wildman–Crippen LogP) is 10.1. The van der Waals surface area contributed by atoms with Gasteiger partial charge in [0.05, 0.1) is 11.4 Å². The Hall–Kier alpha value is -3.56. The lowest BCUT2D eigenvalue weighted by atomic mass is 9.81. The molecule has 0 fully saturated rings. The van der Waals surface area contributed by atoms with Crippen LogP contribution in [0.2, 0.25) is 0 Å². The fraction of sp³-hybridized carbons (Fsp3) is 0.270. The van der Waals surface area contributed by atoms with Crippen molar-refractivity contribution < 1.29 is 0 Å². The minimum Gasteiger partial charge on any atom is -0.347 e. The minimum atomic E-state index is -0.0915. The molecular formula is C37H38N2S. The van der Waals surface area contributed by atoms with Gasteiger partial charge < -0.3 is 4.90 Å². The molecule has 0 saturated carbocycles. The molecule has 3 aromatic carbocycles. The summed E-state index contributed by atoms with van der Waals surface area (Å²) in [4.78, 5) is 10.0. The van der Waals surface area contributed by atoms with Crippen molar-refractivity contribution in [2.45, 2.75) is 62.7 Å². The highest BCUT2D eigenvalue weighted by molar-refractivity contribution is 8.03. The molecule has 3 heteroatoms. The first-order valence-corrected chi connectivity index (χ1v) is 15.2. The van der Waals surface area contributed by atoms with Crippen molar-refractivity contribution in [3.63, 3.8) is 0 Å². The van der Waals surface area contributed by atoms with Crippen LogP contribution in [-0.2, 0) is 10.8 Å². The maximum atomic E-state index is 5.02. The van der Waals surface area contributed by atoms with E-state index in [9.17, 15) is 0 Å². The first-order chi connectivity index (χ1) is 19.3. The van der Waals surface area contributed by atoms with Gasteiger partial charge in [-0.25, -0.2) is 0 Å².